The zero-order valence-electron chi connectivity index (χ0n) is 16.1. The Morgan fingerprint density at radius 3 is 2.59 bits per heavy atom. The first-order valence-electron chi connectivity index (χ1n) is 9.36. The number of methoxy groups -OCH3 is 1. The van der Waals surface area contributed by atoms with Crippen molar-refractivity contribution in [2.75, 3.05) is 12.8 Å². The highest BCUT2D eigenvalue weighted by Crippen LogP contribution is 2.30. The van der Waals surface area contributed by atoms with Crippen molar-refractivity contribution in [2.45, 2.75) is 19.3 Å². The molecule has 1 aromatic carbocycles. The molecule has 7 heteroatoms. The zero-order chi connectivity index (χ0) is 20.1. The van der Waals surface area contributed by atoms with E-state index in [2.05, 4.69) is 9.97 Å². The number of hydrogen-bond donors (Lipinski definition) is 1. The molecule has 4 rings (SSSR count). The first-order valence-corrected chi connectivity index (χ1v) is 10.2. The van der Waals surface area contributed by atoms with Crippen LogP contribution >= 0.6 is 11.3 Å². The lowest BCUT2D eigenvalue weighted by atomic mass is 10.1. The van der Waals surface area contributed by atoms with Crippen molar-refractivity contribution in [3.8, 4) is 28.5 Å². The summed E-state index contributed by atoms with van der Waals surface area (Å²) in [5, 5.41) is 0.609. The molecule has 3 heterocycles. The molecule has 29 heavy (non-hydrogen) atoms. The monoisotopic (exact) mass is 403 g/mol. The van der Waals surface area contributed by atoms with Gasteiger partial charge >= 0.3 is 0 Å². The van der Waals surface area contributed by atoms with Crippen molar-refractivity contribution in [3.05, 3.63) is 71.5 Å². The Morgan fingerprint density at radius 1 is 0.966 bits per heavy atom. The number of nitrogens with zero attached hydrogens (tertiary/aromatic N) is 4. The largest absolute Gasteiger partial charge is 0.496 e. The third-order valence-corrected chi connectivity index (χ3v) is 5.37. The molecule has 0 aliphatic rings. The van der Waals surface area contributed by atoms with E-state index in [1.54, 1.807) is 13.3 Å². The molecular formula is C22H21N5OS. The summed E-state index contributed by atoms with van der Waals surface area (Å²) < 4.78 is 5.53. The number of para-hydroxylation sites is 1. The molecule has 0 aliphatic carbocycles. The van der Waals surface area contributed by atoms with Gasteiger partial charge < -0.3 is 10.5 Å². The second-order valence-electron chi connectivity index (χ2n) is 6.50. The number of aromatic nitrogens is 4. The number of thiazole rings is 1. The molecule has 0 saturated heterocycles. The predicted molar refractivity (Wildman–Crippen MR) is 116 cm³/mol. The van der Waals surface area contributed by atoms with Crippen LogP contribution in [-0.4, -0.2) is 27.0 Å². The molecule has 0 bridgehead atoms. The molecule has 0 amide bonds. The van der Waals surface area contributed by atoms with Crippen molar-refractivity contribution >= 4 is 16.5 Å². The lowest BCUT2D eigenvalue weighted by molar-refractivity contribution is 0.416. The minimum absolute atomic E-state index is 0.609. The van der Waals surface area contributed by atoms with E-state index in [1.165, 1.54) is 16.2 Å². The van der Waals surface area contributed by atoms with Gasteiger partial charge in [-0.15, -0.1) is 11.3 Å². The fourth-order valence-corrected chi connectivity index (χ4v) is 3.84. The average molecular weight is 404 g/mol. The van der Waals surface area contributed by atoms with Gasteiger partial charge in [-0.2, -0.15) is 0 Å². The number of anilines is 1. The summed E-state index contributed by atoms with van der Waals surface area (Å²) in [7, 11) is 1.67. The van der Waals surface area contributed by atoms with E-state index in [0.29, 0.717) is 11.0 Å². The molecule has 3 aromatic heterocycles. The van der Waals surface area contributed by atoms with Crippen LogP contribution in [-0.2, 0) is 12.8 Å². The summed E-state index contributed by atoms with van der Waals surface area (Å²) in [4.78, 5) is 19.3. The lowest BCUT2D eigenvalue weighted by Crippen LogP contribution is -2.01. The van der Waals surface area contributed by atoms with Gasteiger partial charge in [-0.05, 0) is 49.6 Å². The topological polar surface area (TPSA) is 86.8 Å². The Balaban J connectivity index is 1.66. The maximum absolute atomic E-state index is 5.73. The van der Waals surface area contributed by atoms with E-state index in [4.69, 9.17) is 20.4 Å². The summed E-state index contributed by atoms with van der Waals surface area (Å²) in [6.07, 6.45) is 6.29. The normalized spacial score (nSPS) is 10.8. The number of nitrogen functional groups attached to an aromatic ring is 1. The second-order valence-corrected chi connectivity index (χ2v) is 7.65. The summed E-state index contributed by atoms with van der Waals surface area (Å²) >= 11 is 1.54. The van der Waals surface area contributed by atoms with Gasteiger partial charge in [0.2, 0.25) is 0 Å². The van der Waals surface area contributed by atoms with Crippen molar-refractivity contribution in [3.63, 3.8) is 0 Å². The van der Waals surface area contributed by atoms with Gasteiger partial charge in [0.25, 0.3) is 0 Å². The van der Waals surface area contributed by atoms with E-state index < -0.39 is 0 Å². The molecule has 0 fully saturated rings. The minimum Gasteiger partial charge on any atom is -0.496 e. The van der Waals surface area contributed by atoms with Gasteiger partial charge in [0, 0.05) is 28.5 Å². The standard InChI is InChI=1S/C22H21N5OS/c1-28-20-11-3-2-9-17(20)19-13-15(7-6-8-16-14-25-22(23)29-16)26-21(27-19)18-10-4-5-12-24-18/h2-5,9-14H,6-8H2,1H3,(H2,23,25). The molecule has 0 radical (unpaired) electrons. The third-order valence-electron chi connectivity index (χ3n) is 4.48. The van der Waals surface area contributed by atoms with Crippen molar-refractivity contribution in [1.29, 1.82) is 0 Å². The summed E-state index contributed by atoms with van der Waals surface area (Å²) in [5.74, 6) is 1.40. The number of hydrogen-bond acceptors (Lipinski definition) is 7. The van der Waals surface area contributed by atoms with E-state index in [9.17, 15) is 0 Å². The summed E-state index contributed by atoms with van der Waals surface area (Å²) in [5.41, 5.74) is 9.21. The van der Waals surface area contributed by atoms with Gasteiger partial charge in [0.1, 0.15) is 11.4 Å². The smallest absolute Gasteiger partial charge is 0.180 e. The number of ether oxygens (including phenoxy) is 1. The number of nitrogens with two attached hydrogens (primary N) is 1. The molecule has 4 aromatic rings. The molecule has 6 nitrogen and oxygen atoms in total. The quantitative estimate of drug-likeness (QED) is 0.491. The van der Waals surface area contributed by atoms with Crippen LogP contribution in [0.15, 0.2) is 60.9 Å². The van der Waals surface area contributed by atoms with Crippen LogP contribution in [0.4, 0.5) is 5.13 Å². The fraction of sp³-hybridized carbons (Fsp3) is 0.182. The Bertz CT molecular complexity index is 1100. The molecule has 146 valence electrons. The first kappa shape index (κ1) is 19.0. The van der Waals surface area contributed by atoms with Crippen LogP contribution in [0, 0.1) is 0 Å². The molecular weight excluding hydrogens is 382 g/mol. The highest BCUT2D eigenvalue weighted by molar-refractivity contribution is 7.15. The number of aryl methyl sites for hydroxylation is 2. The number of pyridine rings is 1. The minimum atomic E-state index is 0.609. The van der Waals surface area contributed by atoms with Gasteiger partial charge in [-0.25, -0.2) is 15.0 Å². The van der Waals surface area contributed by atoms with Gasteiger partial charge in [-0.3, -0.25) is 4.98 Å². The Morgan fingerprint density at radius 2 is 1.83 bits per heavy atom. The lowest BCUT2D eigenvalue weighted by Gasteiger charge is -2.11. The van der Waals surface area contributed by atoms with Crippen LogP contribution in [0.3, 0.4) is 0 Å². The molecule has 0 spiro atoms. The molecule has 0 atom stereocenters. The van der Waals surface area contributed by atoms with Gasteiger partial charge in [0.15, 0.2) is 11.0 Å². The molecule has 0 aliphatic heterocycles. The number of benzene rings is 1. The van der Waals surface area contributed by atoms with E-state index in [-0.39, 0.29) is 0 Å². The van der Waals surface area contributed by atoms with Crippen LogP contribution in [0.2, 0.25) is 0 Å². The van der Waals surface area contributed by atoms with E-state index in [0.717, 1.165) is 47.7 Å². The zero-order valence-corrected chi connectivity index (χ0v) is 16.9. The second kappa shape index (κ2) is 8.79. The first-order chi connectivity index (χ1) is 14.2. The SMILES string of the molecule is COc1ccccc1-c1cc(CCCc2cnc(N)s2)nc(-c2ccccn2)n1. The highest BCUT2D eigenvalue weighted by atomic mass is 32.1. The summed E-state index contributed by atoms with van der Waals surface area (Å²) in [6, 6.07) is 15.7. The Kier molecular flexibility index (Phi) is 5.76. The third kappa shape index (κ3) is 4.57. The molecule has 0 saturated carbocycles. The van der Waals surface area contributed by atoms with Crippen LogP contribution in [0.1, 0.15) is 17.0 Å². The van der Waals surface area contributed by atoms with Crippen LogP contribution in [0.25, 0.3) is 22.8 Å². The molecule has 0 unspecified atom stereocenters. The van der Waals surface area contributed by atoms with Gasteiger partial charge in [0.05, 0.1) is 12.8 Å². The maximum Gasteiger partial charge on any atom is 0.180 e. The summed E-state index contributed by atoms with van der Waals surface area (Å²) in [6.45, 7) is 0. The average Bonchev–Trinajstić information content (AvgIpc) is 3.19. The van der Waals surface area contributed by atoms with E-state index in [1.807, 2.05) is 54.7 Å². The molecule has 2 N–H and O–H groups in total. The Hall–Kier alpha value is -3.32. The van der Waals surface area contributed by atoms with Crippen molar-refractivity contribution in [1.82, 2.24) is 19.9 Å². The number of rotatable bonds is 7. The van der Waals surface area contributed by atoms with Crippen molar-refractivity contribution < 1.29 is 4.74 Å². The highest BCUT2D eigenvalue weighted by Gasteiger charge is 2.13. The predicted octanol–water partition coefficient (Wildman–Crippen LogP) is 4.43. The Labute approximate surface area is 173 Å². The fourth-order valence-electron chi connectivity index (χ4n) is 3.11. The maximum atomic E-state index is 5.73. The van der Waals surface area contributed by atoms with Crippen LogP contribution in [0.5, 0.6) is 5.75 Å². The van der Waals surface area contributed by atoms with E-state index >= 15 is 0 Å². The van der Waals surface area contributed by atoms with Crippen molar-refractivity contribution in [2.24, 2.45) is 0 Å². The van der Waals surface area contributed by atoms with Crippen LogP contribution < -0.4 is 10.5 Å². The van der Waals surface area contributed by atoms with Gasteiger partial charge in [-0.1, -0.05) is 18.2 Å².